The topological polar surface area (TPSA) is 49.9 Å². The van der Waals surface area contributed by atoms with E-state index in [4.69, 9.17) is 16.3 Å². The van der Waals surface area contributed by atoms with Gasteiger partial charge in [-0.05, 0) is 55.2 Å². The Balaban J connectivity index is 1.53. The van der Waals surface area contributed by atoms with Gasteiger partial charge in [0.15, 0.2) is 6.61 Å². The Morgan fingerprint density at radius 3 is 2.93 bits per heavy atom. The molecule has 0 fully saturated rings. The molecule has 2 aliphatic rings. The predicted octanol–water partition coefficient (Wildman–Crippen LogP) is 3.74. The van der Waals surface area contributed by atoms with Crippen LogP contribution in [-0.4, -0.2) is 31.5 Å². The van der Waals surface area contributed by atoms with Gasteiger partial charge in [0.05, 0.1) is 5.69 Å². The fourth-order valence-electron chi connectivity index (χ4n) is 3.91. The zero-order valence-corrected chi connectivity index (χ0v) is 16.0. The molecule has 0 bridgehead atoms. The van der Waals surface area contributed by atoms with Crippen molar-refractivity contribution < 1.29 is 14.3 Å². The number of ether oxygens (including phenoxy) is 1. The first-order valence-electron chi connectivity index (χ1n) is 9.16. The van der Waals surface area contributed by atoms with Crippen LogP contribution in [0.3, 0.4) is 0 Å². The summed E-state index contributed by atoms with van der Waals surface area (Å²) in [5, 5.41) is 0.705. The molecule has 0 aliphatic carbocycles. The van der Waals surface area contributed by atoms with Crippen LogP contribution in [0.1, 0.15) is 24.0 Å². The number of anilines is 2. The molecule has 0 atom stereocenters. The van der Waals surface area contributed by atoms with Crippen LogP contribution < -0.4 is 14.5 Å². The van der Waals surface area contributed by atoms with Gasteiger partial charge in [-0.25, -0.2) is 0 Å². The Morgan fingerprint density at radius 2 is 2.07 bits per heavy atom. The molecular weight excluding hydrogens is 364 g/mol. The molecule has 2 aliphatic heterocycles. The van der Waals surface area contributed by atoms with Gasteiger partial charge in [0.1, 0.15) is 5.75 Å². The van der Waals surface area contributed by atoms with Crippen molar-refractivity contribution >= 4 is 34.8 Å². The Labute approximate surface area is 163 Å². The van der Waals surface area contributed by atoms with E-state index in [0.717, 1.165) is 35.3 Å². The maximum absolute atomic E-state index is 13.0. The van der Waals surface area contributed by atoms with E-state index in [1.54, 1.807) is 4.90 Å². The molecule has 0 saturated heterocycles. The van der Waals surface area contributed by atoms with Gasteiger partial charge in [-0.2, -0.15) is 0 Å². The average Bonchev–Trinajstić information content (AvgIpc) is 2.66. The van der Waals surface area contributed by atoms with Crippen LogP contribution in [0.2, 0.25) is 5.02 Å². The van der Waals surface area contributed by atoms with Crippen LogP contribution in [0.5, 0.6) is 5.75 Å². The third-order valence-electron chi connectivity index (χ3n) is 5.10. The highest BCUT2D eigenvalue weighted by atomic mass is 35.5. The van der Waals surface area contributed by atoms with Crippen LogP contribution in [0.4, 0.5) is 11.4 Å². The minimum absolute atomic E-state index is 0.00928. The van der Waals surface area contributed by atoms with Crippen molar-refractivity contribution in [3.8, 4) is 5.75 Å². The molecule has 0 aromatic heterocycles. The summed E-state index contributed by atoms with van der Waals surface area (Å²) in [6.45, 7) is 3.03. The molecule has 140 valence electrons. The Morgan fingerprint density at radius 1 is 1.26 bits per heavy atom. The van der Waals surface area contributed by atoms with Crippen LogP contribution in [0.25, 0.3) is 0 Å². The molecule has 0 spiro atoms. The molecule has 0 unspecified atom stereocenters. The van der Waals surface area contributed by atoms with Crippen LogP contribution in [0, 0.1) is 6.92 Å². The summed E-state index contributed by atoms with van der Waals surface area (Å²) in [7, 11) is 0. The van der Waals surface area contributed by atoms with E-state index >= 15 is 0 Å². The number of carbonyl (C=O) groups excluding carboxylic acids is 2. The standard InChI is InChI=1S/C21H21ClN2O3/c1-14-11-16(22)12-15-5-4-9-24(21(14)15)19(25)8-10-23-17-6-2-3-7-18(17)27-13-20(23)26/h2-3,6-7,11-12H,4-5,8-10,13H2,1H3. The van der Waals surface area contributed by atoms with Crippen molar-refractivity contribution in [1.29, 1.82) is 0 Å². The molecule has 2 amide bonds. The average molecular weight is 385 g/mol. The predicted molar refractivity (Wildman–Crippen MR) is 106 cm³/mol. The molecule has 4 rings (SSSR count). The molecule has 2 aromatic rings. The van der Waals surface area contributed by atoms with Gasteiger partial charge >= 0.3 is 0 Å². The quantitative estimate of drug-likeness (QED) is 0.809. The van der Waals surface area contributed by atoms with Crippen molar-refractivity contribution in [2.45, 2.75) is 26.2 Å². The first kappa shape index (κ1) is 17.9. The maximum Gasteiger partial charge on any atom is 0.265 e. The van der Waals surface area contributed by atoms with Gasteiger partial charge in [0.25, 0.3) is 5.91 Å². The van der Waals surface area contributed by atoms with Gasteiger partial charge in [0.2, 0.25) is 5.91 Å². The minimum atomic E-state index is -0.122. The number of hydrogen-bond donors (Lipinski definition) is 0. The molecule has 2 aromatic carbocycles. The van der Waals surface area contributed by atoms with E-state index in [-0.39, 0.29) is 24.8 Å². The van der Waals surface area contributed by atoms with E-state index in [9.17, 15) is 9.59 Å². The highest BCUT2D eigenvalue weighted by molar-refractivity contribution is 6.30. The van der Waals surface area contributed by atoms with Crippen molar-refractivity contribution in [3.63, 3.8) is 0 Å². The third kappa shape index (κ3) is 3.39. The SMILES string of the molecule is Cc1cc(Cl)cc2c1N(C(=O)CCN1C(=O)COc3ccccc31)CCC2. The fraction of sp³-hybridized carbons (Fsp3) is 0.333. The number of para-hydroxylation sites is 2. The molecule has 6 heteroatoms. The van der Waals surface area contributed by atoms with E-state index in [1.165, 1.54) is 0 Å². The first-order chi connectivity index (χ1) is 13.0. The largest absolute Gasteiger partial charge is 0.482 e. The Bertz CT molecular complexity index is 912. The second kappa shape index (κ2) is 7.24. The summed E-state index contributed by atoms with van der Waals surface area (Å²) >= 11 is 6.18. The van der Waals surface area contributed by atoms with E-state index < -0.39 is 0 Å². The molecule has 5 nitrogen and oxygen atoms in total. The fourth-order valence-corrected chi connectivity index (χ4v) is 4.21. The summed E-state index contributed by atoms with van der Waals surface area (Å²) < 4.78 is 5.46. The van der Waals surface area contributed by atoms with Crippen molar-refractivity contribution in [1.82, 2.24) is 0 Å². The minimum Gasteiger partial charge on any atom is -0.482 e. The van der Waals surface area contributed by atoms with Gasteiger partial charge in [-0.15, -0.1) is 0 Å². The molecule has 0 N–H and O–H groups in total. The van der Waals surface area contributed by atoms with E-state index in [2.05, 4.69) is 0 Å². The number of nitrogens with zero attached hydrogens (tertiary/aromatic N) is 2. The summed E-state index contributed by atoms with van der Waals surface area (Å²) in [6.07, 6.45) is 2.11. The van der Waals surface area contributed by atoms with Gasteiger partial charge in [-0.1, -0.05) is 23.7 Å². The Hall–Kier alpha value is -2.53. The number of aryl methyl sites for hydroxylation is 2. The van der Waals surface area contributed by atoms with Crippen LogP contribution in [-0.2, 0) is 16.0 Å². The molecule has 0 radical (unpaired) electrons. The summed E-state index contributed by atoms with van der Waals surface area (Å²) in [5.74, 6) is 0.583. The number of hydrogen-bond acceptors (Lipinski definition) is 3. The second-order valence-electron chi connectivity index (χ2n) is 6.93. The number of benzene rings is 2. The lowest BCUT2D eigenvalue weighted by Crippen LogP contribution is -2.42. The van der Waals surface area contributed by atoms with Gasteiger partial charge in [0, 0.05) is 30.2 Å². The summed E-state index contributed by atoms with van der Waals surface area (Å²) in [4.78, 5) is 28.8. The van der Waals surface area contributed by atoms with Crippen LogP contribution in [0.15, 0.2) is 36.4 Å². The number of carbonyl (C=O) groups is 2. The molecule has 27 heavy (non-hydrogen) atoms. The second-order valence-corrected chi connectivity index (χ2v) is 7.37. The van der Waals surface area contributed by atoms with Crippen molar-refractivity contribution in [2.24, 2.45) is 0 Å². The normalized spacial score (nSPS) is 15.9. The molecular formula is C21H21ClN2O3. The van der Waals surface area contributed by atoms with Crippen molar-refractivity contribution in [2.75, 3.05) is 29.5 Å². The van der Waals surface area contributed by atoms with Crippen molar-refractivity contribution in [3.05, 3.63) is 52.5 Å². The zero-order chi connectivity index (χ0) is 19.0. The van der Waals surface area contributed by atoms with E-state index in [0.29, 0.717) is 23.9 Å². The Kier molecular flexibility index (Phi) is 4.79. The smallest absolute Gasteiger partial charge is 0.265 e. The van der Waals surface area contributed by atoms with Gasteiger partial charge in [-0.3, -0.25) is 9.59 Å². The number of fused-ring (bicyclic) bond motifs is 2. The molecule has 2 heterocycles. The monoisotopic (exact) mass is 384 g/mol. The number of halogens is 1. The zero-order valence-electron chi connectivity index (χ0n) is 15.2. The maximum atomic E-state index is 13.0. The highest BCUT2D eigenvalue weighted by Crippen LogP contribution is 2.35. The lowest BCUT2D eigenvalue weighted by atomic mass is 9.98. The lowest BCUT2D eigenvalue weighted by Gasteiger charge is -2.33. The molecule has 0 saturated carbocycles. The third-order valence-corrected chi connectivity index (χ3v) is 5.32. The summed E-state index contributed by atoms with van der Waals surface area (Å²) in [5.41, 5.74) is 3.83. The van der Waals surface area contributed by atoms with Crippen LogP contribution >= 0.6 is 11.6 Å². The van der Waals surface area contributed by atoms with Gasteiger partial charge < -0.3 is 14.5 Å². The lowest BCUT2D eigenvalue weighted by molar-refractivity contribution is -0.121. The number of rotatable bonds is 3. The summed E-state index contributed by atoms with van der Waals surface area (Å²) in [6, 6.07) is 11.3. The number of amides is 2. The highest BCUT2D eigenvalue weighted by Gasteiger charge is 2.28. The van der Waals surface area contributed by atoms with E-state index in [1.807, 2.05) is 48.2 Å². The first-order valence-corrected chi connectivity index (χ1v) is 9.54.